The molecule has 0 bridgehead atoms. The minimum Gasteiger partial charge on any atom is -0.493 e. The van der Waals surface area contributed by atoms with Crippen LogP contribution in [0.25, 0.3) is 0 Å². The zero-order valence-corrected chi connectivity index (χ0v) is 25.8. The Morgan fingerprint density at radius 2 is 1.52 bits per heavy atom. The first-order chi connectivity index (χ1) is 21.4. The number of ketones is 1. The fourth-order valence-corrected chi connectivity index (χ4v) is 5.65. The van der Waals surface area contributed by atoms with E-state index in [1.54, 1.807) is 6.20 Å². The topological polar surface area (TPSA) is 104 Å². The van der Waals surface area contributed by atoms with Gasteiger partial charge in [0, 0.05) is 24.5 Å². The monoisotopic (exact) mass is 602 g/mol. The smallest absolute Gasteiger partial charge is 0.329 e. The van der Waals surface area contributed by atoms with Crippen LogP contribution in [-0.4, -0.2) is 67.6 Å². The van der Waals surface area contributed by atoms with Gasteiger partial charge in [0.25, 0.3) is 11.7 Å². The molecule has 234 valence electrons. The average Bonchev–Trinajstić information content (AvgIpc) is 3.07. The standard InChI is InChI=1S/C35H42N2O7/c1-41-30-22-27(23-31(42-2)33(30)43-3)32(38)34(39)37-21-8-7-19-29(37)35(40)44-28(17-9-14-25-12-5-4-6-13-25)18-10-15-26-16-11-20-36-24-26/h4-6,11-13,16,20,22-24,28-29H,7-10,14-15,17-19,21H2,1-3H3/t28?,29-/m0/s1. The lowest BCUT2D eigenvalue weighted by Gasteiger charge is -2.34. The van der Waals surface area contributed by atoms with Crippen molar-refractivity contribution >= 4 is 17.7 Å². The minimum atomic E-state index is -0.822. The van der Waals surface area contributed by atoms with E-state index in [0.29, 0.717) is 38.0 Å². The molecule has 3 aromatic rings. The SMILES string of the molecule is COc1cc(C(=O)C(=O)N2CCCC[C@H]2C(=O)OC(CCCc2ccccc2)CCCc2cccnc2)cc(OC)c1OC. The van der Waals surface area contributed by atoms with E-state index in [9.17, 15) is 14.4 Å². The number of Topliss-reactive ketones (excluding diaryl/α,β-unsaturated/α-hetero) is 1. The lowest BCUT2D eigenvalue weighted by Crippen LogP contribution is -2.51. The summed E-state index contributed by atoms with van der Waals surface area (Å²) >= 11 is 0. The van der Waals surface area contributed by atoms with Crippen molar-refractivity contribution in [3.05, 3.63) is 83.7 Å². The highest BCUT2D eigenvalue weighted by molar-refractivity contribution is 6.43. The summed E-state index contributed by atoms with van der Waals surface area (Å²) in [6, 6.07) is 16.3. The maximum absolute atomic E-state index is 13.6. The molecule has 1 amide bonds. The summed E-state index contributed by atoms with van der Waals surface area (Å²) in [5, 5.41) is 0. The molecule has 0 saturated carbocycles. The third-order valence-corrected chi connectivity index (χ3v) is 7.99. The molecule has 0 radical (unpaired) electrons. The largest absolute Gasteiger partial charge is 0.493 e. The molecule has 0 spiro atoms. The van der Waals surface area contributed by atoms with Crippen LogP contribution in [0.15, 0.2) is 67.0 Å². The fraction of sp³-hybridized carbons (Fsp3) is 0.429. The number of aromatic nitrogens is 1. The molecule has 9 heteroatoms. The Morgan fingerprint density at radius 1 is 0.864 bits per heavy atom. The van der Waals surface area contributed by atoms with Gasteiger partial charge in [-0.3, -0.25) is 14.6 Å². The number of methoxy groups -OCH3 is 3. The van der Waals surface area contributed by atoms with Crippen LogP contribution >= 0.6 is 0 Å². The second-order valence-corrected chi connectivity index (χ2v) is 10.9. The minimum absolute atomic E-state index is 0.0939. The van der Waals surface area contributed by atoms with Crippen LogP contribution in [0, 0.1) is 0 Å². The molecule has 1 fully saturated rings. The fourth-order valence-electron chi connectivity index (χ4n) is 5.65. The normalized spacial score (nSPS) is 15.2. The van der Waals surface area contributed by atoms with Crippen molar-refractivity contribution < 1.29 is 33.3 Å². The summed E-state index contributed by atoms with van der Waals surface area (Å²) in [4.78, 5) is 46.2. The Kier molecular flexibility index (Phi) is 12.2. The number of pyridine rings is 1. The number of benzene rings is 2. The van der Waals surface area contributed by atoms with Gasteiger partial charge < -0.3 is 23.8 Å². The van der Waals surface area contributed by atoms with Gasteiger partial charge in [0.2, 0.25) is 5.75 Å². The van der Waals surface area contributed by atoms with Gasteiger partial charge in [0.1, 0.15) is 12.1 Å². The highest BCUT2D eigenvalue weighted by Crippen LogP contribution is 2.38. The number of piperidine rings is 1. The van der Waals surface area contributed by atoms with Gasteiger partial charge in [0.15, 0.2) is 11.5 Å². The third kappa shape index (κ3) is 8.58. The van der Waals surface area contributed by atoms with E-state index in [4.69, 9.17) is 18.9 Å². The number of nitrogens with zero attached hydrogens (tertiary/aromatic N) is 2. The molecular formula is C35H42N2O7. The van der Waals surface area contributed by atoms with Crippen LogP contribution in [0.2, 0.25) is 0 Å². The van der Waals surface area contributed by atoms with Gasteiger partial charge in [0.05, 0.1) is 21.3 Å². The molecule has 2 heterocycles. The van der Waals surface area contributed by atoms with Crippen LogP contribution in [0.4, 0.5) is 0 Å². The Bertz CT molecular complexity index is 1310. The Labute approximate surface area is 259 Å². The molecule has 0 N–H and O–H groups in total. The molecule has 9 nitrogen and oxygen atoms in total. The van der Waals surface area contributed by atoms with Gasteiger partial charge in [-0.1, -0.05) is 36.4 Å². The number of likely N-dealkylation sites (tertiary alicyclic amines) is 1. The number of hydrogen-bond donors (Lipinski definition) is 0. The van der Waals surface area contributed by atoms with Gasteiger partial charge in [-0.2, -0.15) is 0 Å². The van der Waals surface area contributed by atoms with Crippen molar-refractivity contribution in [2.45, 2.75) is 69.9 Å². The van der Waals surface area contributed by atoms with Crippen molar-refractivity contribution in [3.63, 3.8) is 0 Å². The summed E-state index contributed by atoms with van der Waals surface area (Å²) in [5.74, 6) is -1.11. The molecule has 0 aliphatic carbocycles. The quantitative estimate of drug-likeness (QED) is 0.125. The highest BCUT2D eigenvalue weighted by atomic mass is 16.5. The molecule has 1 unspecified atom stereocenters. The summed E-state index contributed by atoms with van der Waals surface area (Å²) in [6.07, 6.45) is 10.0. The molecule has 1 saturated heterocycles. The summed E-state index contributed by atoms with van der Waals surface area (Å²) in [6.45, 7) is 0.300. The average molecular weight is 603 g/mol. The lowest BCUT2D eigenvalue weighted by atomic mass is 9.99. The van der Waals surface area contributed by atoms with E-state index < -0.39 is 23.7 Å². The molecular weight excluding hydrogens is 560 g/mol. The number of hydrogen-bond acceptors (Lipinski definition) is 8. The highest BCUT2D eigenvalue weighted by Gasteiger charge is 2.37. The van der Waals surface area contributed by atoms with Crippen LogP contribution in [-0.2, 0) is 27.2 Å². The van der Waals surface area contributed by atoms with Gasteiger partial charge in [-0.25, -0.2) is 4.79 Å². The first-order valence-corrected chi connectivity index (χ1v) is 15.2. The Balaban J connectivity index is 1.45. The number of rotatable bonds is 15. The molecule has 1 aliphatic heterocycles. The molecule has 4 rings (SSSR count). The van der Waals surface area contributed by atoms with Crippen molar-refractivity contribution in [1.82, 2.24) is 9.88 Å². The number of carbonyl (C=O) groups is 3. The van der Waals surface area contributed by atoms with Crippen molar-refractivity contribution in [2.24, 2.45) is 0 Å². The van der Waals surface area contributed by atoms with E-state index in [0.717, 1.165) is 37.7 Å². The number of ether oxygens (including phenoxy) is 4. The second-order valence-electron chi connectivity index (χ2n) is 10.9. The van der Waals surface area contributed by atoms with E-state index in [1.165, 1.54) is 43.9 Å². The van der Waals surface area contributed by atoms with Gasteiger partial charge in [-0.05, 0) is 87.1 Å². The van der Waals surface area contributed by atoms with Crippen LogP contribution < -0.4 is 14.2 Å². The lowest BCUT2D eigenvalue weighted by molar-refractivity contribution is -0.161. The third-order valence-electron chi connectivity index (χ3n) is 7.99. The van der Waals surface area contributed by atoms with E-state index in [1.807, 2.05) is 36.5 Å². The van der Waals surface area contributed by atoms with Crippen LogP contribution in [0.5, 0.6) is 17.2 Å². The number of carbonyl (C=O) groups excluding carboxylic acids is 3. The first kappa shape index (κ1) is 32.5. The Hall–Kier alpha value is -4.40. The Morgan fingerprint density at radius 3 is 2.14 bits per heavy atom. The number of aryl methyl sites for hydroxylation is 2. The molecule has 44 heavy (non-hydrogen) atoms. The summed E-state index contributed by atoms with van der Waals surface area (Å²) in [7, 11) is 4.35. The van der Waals surface area contributed by atoms with Crippen molar-refractivity contribution in [2.75, 3.05) is 27.9 Å². The zero-order valence-electron chi connectivity index (χ0n) is 25.8. The maximum Gasteiger partial charge on any atom is 0.329 e. The first-order valence-electron chi connectivity index (χ1n) is 15.2. The van der Waals surface area contributed by atoms with Crippen LogP contribution in [0.1, 0.15) is 66.4 Å². The summed E-state index contributed by atoms with van der Waals surface area (Å²) < 4.78 is 22.2. The molecule has 1 aliphatic rings. The van der Waals surface area contributed by atoms with Crippen molar-refractivity contribution in [3.8, 4) is 17.2 Å². The predicted octanol–water partition coefficient (Wildman–Crippen LogP) is 5.63. The second kappa shape index (κ2) is 16.4. The number of amides is 1. The van der Waals surface area contributed by atoms with Crippen molar-refractivity contribution in [1.29, 1.82) is 0 Å². The van der Waals surface area contributed by atoms with Crippen LogP contribution in [0.3, 0.4) is 0 Å². The summed E-state index contributed by atoms with van der Waals surface area (Å²) in [5.41, 5.74) is 2.47. The predicted molar refractivity (Wildman–Crippen MR) is 166 cm³/mol. The van der Waals surface area contributed by atoms with Gasteiger partial charge in [-0.15, -0.1) is 0 Å². The van der Waals surface area contributed by atoms with E-state index in [2.05, 4.69) is 17.1 Å². The van der Waals surface area contributed by atoms with Gasteiger partial charge >= 0.3 is 5.97 Å². The van der Waals surface area contributed by atoms with E-state index >= 15 is 0 Å². The van der Waals surface area contributed by atoms with E-state index in [-0.39, 0.29) is 23.2 Å². The maximum atomic E-state index is 13.6. The number of esters is 1. The molecule has 1 aromatic heterocycles. The zero-order chi connectivity index (χ0) is 31.3. The molecule has 2 atom stereocenters. The molecule has 2 aromatic carbocycles.